The Morgan fingerprint density at radius 2 is 1.66 bits per heavy atom. The molecule has 0 bridgehead atoms. The molecule has 0 saturated carbocycles. The molecule has 2 N–H and O–H groups in total. The second-order valence-electron chi connectivity index (χ2n) is 9.13. The van der Waals surface area contributed by atoms with Crippen molar-refractivity contribution in [3.8, 4) is 0 Å². The first-order chi connectivity index (χ1) is 15.5. The molecule has 0 aromatic heterocycles. The summed E-state index contributed by atoms with van der Waals surface area (Å²) in [7, 11) is 0. The second kappa shape index (κ2) is 8.63. The van der Waals surface area contributed by atoms with Gasteiger partial charge in [-0.05, 0) is 50.4 Å². The van der Waals surface area contributed by atoms with Crippen LogP contribution in [0.5, 0.6) is 0 Å². The van der Waals surface area contributed by atoms with Gasteiger partial charge in [-0.25, -0.2) is 0 Å². The summed E-state index contributed by atoms with van der Waals surface area (Å²) in [5, 5.41) is 5.66. The molecule has 3 fully saturated rings. The Hall–Kier alpha value is -2.78. The Morgan fingerprint density at radius 3 is 2.38 bits per heavy atom. The fourth-order valence-corrected chi connectivity index (χ4v) is 5.36. The van der Waals surface area contributed by atoms with Gasteiger partial charge in [0.2, 0.25) is 11.8 Å². The zero-order chi connectivity index (χ0) is 22.2. The lowest BCUT2D eigenvalue weighted by Crippen LogP contribution is -2.54. The maximum atomic E-state index is 13.3. The summed E-state index contributed by atoms with van der Waals surface area (Å²) >= 11 is 0. The number of piperidine rings is 2. The summed E-state index contributed by atoms with van der Waals surface area (Å²) < 4.78 is 0. The highest BCUT2D eigenvalue weighted by Gasteiger charge is 2.46. The van der Waals surface area contributed by atoms with Gasteiger partial charge < -0.3 is 10.2 Å². The highest BCUT2D eigenvalue weighted by atomic mass is 16.2. The fourth-order valence-electron chi connectivity index (χ4n) is 5.36. The van der Waals surface area contributed by atoms with E-state index < -0.39 is 23.8 Å². The van der Waals surface area contributed by atoms with Gasteiger partial charge in [0.25, 0.3) is 11.8 Å². The van der Waals surface area contributed by atoms with Crippen molar-refractivity contribution in [2.75, 3.05) is 50.7 Å². The maximum Gasteiger partial charge on any atom is 0.264 e. The van der Waals surface area contributed by atoms with Crippen molar-refractivity contribution in [1.29, 1.82) is 0 Å². The molecular formula is C23H29N5O4. The predicted octanol–water partition coefficient (Wildman–Crippen LogP) is 0.209. The molecule has 1 aromatic carbocycles. The van der Waals surface area contributed by atoms with Gasteiger partial charge in [0.05, 0.1) is 16.8 Å². The third-order valence-electron chi connectivity index (χ3n) is 7.13. The van der Waals surface area contributed by atoms with Gasteiger partial charge in [-0.2, -0.15) is 0 Å². The number of nitrogens with one attached hydrogen (secondary N) is 2. The van der Waals surface area contributed by atoms with Crippen LogP contribution >= 0.6 is 0 Å². The monoisotopic (exact) mass is 439 g/mol. The molecule has 0 radical (unpaired) electrons. The molecule has 32 heavy (non-hydrogen) atoms. The van der Waals surface area contributed by atoms with Crippen molar-refractivity contribution >= 4 is 29.3 Å². The lowest BCUT2D eigenvalue weighted by atomic mass is 9.97. The number of nitrogens with zero attached hydrogens (tertiary/aromatic N) is 3. The average molecular weight is 440 g/mol. The van der Waals surface area contributed by atoms with Crippen LogP contribution in [0.25, 0.3) is 0 Å². The molecule has 1 aromatic rings. The van der Waals surface area contributed by atoms with Gasteiger partial charge in [-0.3, -0.25) is 34.3 Å². The molecule has 4 aliphatic rings. The van der Waals surface area contributed by atoms with E-state index in [1.807, 2.05) is 6.07 Å². The number of carbonyl (C=O) groups is 4. The van der Waals surface area contributed by atoms with Crippen LogP contribution in [-0.4, -0.2) is 85.3 Å². The Balaban J connectivity index is 1.30. The molecule has 3 saturated heterocycles. The van der Waals surface area contributed by atoms with E-state index in [0.29, 0.717) is 11.1 Å². The van der Waals surface area contributed by atoms with Crippen molar-refractivity contribution in [1.82, 2.24) is 20.4 Å². The van der Waals surface area contributed by atoms with Crippen LogP contribution in [0.1, 0.15) is 46.4 Å². The number of anilines is 1. The molecule has 170 valence electrons. The fraction of sp³-hybridized carbons (Fsp3) is 0.565. The second-order valence-corrected chi connectivity index (χ2v) is 9.13. The summed E-state index contributed by atoms with van der Waals surface area (Å²) in [4.78, 5) is 55.9. The van der Waals surface area contributed by atoms with E-state index in [1.54, 1.807) is 12.1 Å². The number of carbonyl (C=O) groups excluding carboxylic acids is 4. The van der Waals surface area contributed by atoms with Crippen LogP contribution in [0.15, 0.2) is 18.2 Å². The number of benzene rings is 1. The topological polar surface area (TPSA) is 102 Å². The normalized spacial score (nSPS) is 25.3. The van der Waals surface area contributed by atoms with E-state index in [1.165, 1.54) is 12.8 Å². The lowest BCUT2D eigenvalue weighted by molar-refractivity contribution is -0.136. The summed E-state index contributed by atoms with van der Waals surface area (Å²) in [6, 6.07) is 4.41. The van der Waals surface area contributed by atoms with E-state index in [-0.39, 0.29) is 18.7 Å². The summed E-state index contributed by atoms with van der Waals surface area (Å²) in [5.74, 6) is -1.10. The van der Waals surface area contributed by atoms with Gasteiger partial charge in [-0.15, -0.1) is 0 Å². The van der Waals surface area contributed by atoms with E-state index in [0.717, 1.165) is 62.3 Å². The number of hydrogen-bond acceptors (Lipinski definition) is 7. The highest BCUT2D eigenvalue weighted by Crippen LogP contribution is 2.34. The van der Waals surface area contributed by atoms with Crippen molar-refractivity contribution in [2.45, 2.75) is 31.7 Å². The molecule has 9 nitrogen and oxygen atoms in total. The number of hydrogen-bond donors (Lipinski definition) is 2. The zero-order valence-electron chi connectivity index (χ0n) is 18.1. The van der Waals surface area contributed by atoms with Crippen LogP contribution in [0.3, 0.4) is 0 Å². The number of imide groups is 2. The average Bonchev–Trinajstić information content (AvgIpc) is 3.06. The summed E-state index contributed by atoms with van der Waals surface area (Å²) in [6.45, 7) is 6.74. The van der Waals surface area contributed by atoms with Crippen LogP contribution in [0.4, 0.5) is 5.69 Å². The standard InChI is InChI=1S/C23H29N5O4/c29-19-5-4-18(21(30)25-19)28-22(31)16-2-1-3-17(20(16)23(28)32)27-12-10-26(11-13-27)14-15-6-8-24-9-7-15/h1-3,15,18,24H,4-14H2,(H,25,29,30). The van der Waals surface area contributed by atoms with Crippen LogP contribution in [0.2, 0.25) is 0 Å². The van der Waals surface area contributed by atoms with Crippen molar-refractivity contribution in [3.63, 3.8) is 0 Å². The number of piperazine rings is 1. The minimum absolute atomic E-state index is 0.121. The van der Waals surface area contributed by atoms with Crippen molar-refractivity contribution in [2.24, 2.45) is 5.92 Å². The maximum absolute atomic E-state index is 13.3. The van der Waals surface area contributed by atoms with Gasteiger partial charge in [0.1, 0.15) is 6.04 Å². The summed E-state index contributed by atoms with van der Waals surface area (Å²) in [5.41, 5.74) is 1.49. The molecule has 9 heteroatoms. The van der Waals surface area contributed by atoms with Crippen molar-refractivity contribution in [3.05, 3.63) is 29.3 Å². The first-order valence-corrected chi connectivity index (χ1v) is 11.6. The molecule has 0 spiro atoms. The van der Waals surface area contributed by atoms with E-state index in [4.69, 9.17) is 0 Å². The summed E-state index contributed by atoms with van der Waals surface area (Å²) in [6.07, 6.45) is 2.73. The molecule has 4 heterocycles. The number of rotatable bonds is 4. The van der Waals surface area contributed by atoms with E-state index in [9.17, 15) is 19.2 Å². The van der Waals surface area contributed by atoms with Crippen LogP contribution in [0, 0.1) is 5.92 Å². The molecule has 1 atom stereocenters. The third kappa shape index (κ3) is 3.80. The Kier molecular flexibility index (Phi) is 5.69. The van der Waals surface area contributed by atoms with Gasteiger partial charge in [0, 0.05) is 39.1 Å². The first-order valence-electron chi connectivity index (χ1n) is 11.6. The Labute approximate surface area is 187 Å². The molecule has 0 aliphatic carbocycles. The van der Waals surface area contributed by atoms with Gasteiger partial charge in [-0.1, -0.05) is 6.07 Å². The smallest absolute Gasteiger partial charge is 0.264 e. The molecule has 5 rings (SSSR count). The number of fused-ring (bicyclic) bond motifs is 1. The molecular weight excluding hydrogens is 410 g/mol. The SMILES string of the molecule is O=C1CCC(N2C(=O)c3cccc(N4CCN(CC5CCNCC5)CC4)c3C2=O)C(=O)N1. The zero-order valence-corrected chi connectivity index (χ0v) is 18.1. The predicted molar refractivity (Wildman–Crippen MR) is 117 cm³/mol. The van der Waals surface area contributed by atoms with Crippen molar-refractivity contribution < 1.29 is 19.2 Å². The van der Waals surface area contributed by atoms with Gasteiger partial charge in [0.15, 0.2) is 0 Å². The lowest BCUT2D eigenvalue weighted by Gasteiger charge is -2.38. The van der Waals surface area contributed by atoms with Crippen LogP contribution < -0.4 is 15.5 Å². The van der Waals surface area contributed by atoms with E-state index >= 15 is 0 Å². The molecule has 4 aliphatic heterocycles. The highest BCUT2D eigenvalue weighted by molar-refractivity contribution is 6.25. The largest absolute Gasteiger partial charge is 0.368 e. The van der Waals surface area contributed by atoms with Gasteiger partial charge >= 0.3 is 0 Å². The van der Waals surface area contributed by atoms with E-state index in [2.05, 4.69) is 20.4 Å². The minimum atomic E-state index is -0.935. The molecule has 4 amide bonds. The first kappa shape index (κ1) is 21.1. The molecule has 1 unspecified atom stereocenters. The van der Waals surface area contributed by atoms with Crippen LogP contribution in [-0.2, 0) is 9.59 Å². The Morgan fingerprint density at radius 1 is 0.906 bits per heavy atom. The third-order valence-corrected chi connectivity index (χ3v) is 7.13. The minimum Gasteiger partial charge on any atom is -0.368 e. The Bertz CT molecular complexity index is 950. The number of amides is 4. The quantitative estimate of drug-likeness (QED) is 0.647.